The molecule has 0 spiro atoms. The number of nitrogens with zero attached hydrogens (tertiary/aromatic N) is 2. The van der Waals surface area contributed by atoms with Gasteiger partial charge in [0.1, 0.15) is 0 Å². The Labute approximate surface area is 179 Å². The van der Waals surface area contributed by atoms with Crippen molar-refractivity contribution < 1.29 is 17.9 Å². The molecule has 2 heterocycles. The van der Waals surface area contributed by atoms with Gasteiger partial charge in [0.2, 0.25) is 15.9 Å². The number of hydrogen-bond acceptors (Lipinski definition) is 6. The van der Waals surface area contributed by atoms with Crippen LogP contribution in [0.5, 0.6) is 0 Å². The maximum absolute atomic E-state index is 12.9. The number of carbonyl (C=O) groups is 1. The van der Waals surface area contributed by atoms with Gasteiger partial charge < -0.3 is 10.1 Å². The number of thiazole rings is 1. The van der Waals surface area contributed by atoms with Crippen molar-refractivity contribution in [2.75, 3.05) is 31.6 Å². The van der Waals surface area contributed by atoms with E-state index in [1.165, 1.54) is 15.6 Å². The molecule has 1 aromatic heterocycles. The zero-order valence-corrected chi connectivity index (χ0v) is 18.2. The minimum atomic E-state index is -3.58. The number of rotatable bonds is 6. The normalized spacial score (nSPS) is 16.4. The number of ether oxygens (including phenoxy) is 1. The Balaban J connectivity index is 1.56. The van der Waals surface area contributed by atoms with E-state index in [-0.39, 0.29) is 16.7 Å². The van der Waals surface area contributed by atoms with Crippen molar-refractivity contribution in [2.45, 2.75) is 24.2 Å². The molecule has 1 atom stereocenters. The molecule has 1 aliphatic heterocycles. The molecule has 1 saturated heterocycles. The summed E-state index contributed by atoms with van der Waals surface area (Å²) in [5.74, 6) is -0.389. The number of anilines is 1. The van der Waals surface area contributed by atoms with Gasteiger partial charge in [-0.2, -0.15) is 4.31 Å². The fourth-order valence-electron chi connectivity index (χ4n) is 3.51. The van der Waals surface area contributed by atoms with Gasteiger partial charge >= 0.3 is 0 Å². The number of sulfonamides is 1. The second-order valence-electron chi connectivity index (χ2n) is 7.03. The predicted octanol–water partition coefficient (Wildman–Crippen LogP) is 3.45. The summed E-state index contributed by atoms with van der Waals surface area (Å²) >= 11 is 1.27. The number of amides is 1. The van der Waals surface area contributed by atoms with Crippen LogP contribution in [0.15, 0.2) is 53.4 Å². The first-order valence-electron chi connectivity index (χ1n) is 9.83. The van der Waals surface area contributed by atoms with E-state index >= 15 is 0 Å². The topological polar surface area (TPSA) is 88.6 Å². The number of benzene rings is 2. The molecule has 0 bridgehead atoms. The van der Waals surface area contributed by atoms with Gasteiger partial charge in [-0.15, -0.1) is 0 Å². The fraction of sp³-hybridized carbons (Fsp3) is 0.333. The van der Waals surface area contributed by atoms with Gasteiger partial charge in [0.15, 0.2) is 5.13 Å². The van der Waals surface area contributed by atoms with Crippen LogP contribution < -0.4 is 5.32 Å². The predicted molar refractivity (Wildman–Crippen MR) is 117 cm³/mol. The Morgan fingerprint density at radius 3 is 2.63 bits per heavy atom. The number of carbonyl (C=O) groups excluding carboxylic acids is 1. The maximum Gasteiger partial charge on any atom is 0.243 e. The summed E-state index contributed by atoms with van der Waals surface area (Å²) in [5, 5.41) is 3.36. The molecule has 9 heteroatoms. The molecule has 1 N–H and O–H groups in total. The van der Waals surface area contributed by atoms with Crippen LogP contribution in [0.2, 0.25) is 0 Å². The zero-order valence-electron chi connectivity index (χ0n) is 16.6. The Morgan fingerprint density at radius 1 is 1.20 bits per heavy atom. The third-order valence-electron chi connectivity index (χ3n) is 5.12. The second-order valence-corrected chi connectivity index (χ2v) is 9.99. The third-order valence-corrected chi connectivity index (χ3v) is 7.95. The van der Waals surface area contributed by atoms with Crippen LogP contribution in [0.3, 0.4) is 0 Å². The molecular weight excluding hydrogens is 422 g/mol. The first kappa shape index (κ1) is 20.9. The van der Waals surface area contributed by atoms with Crippen molar-refractivity contribution in [3.8, 4) is 0 Å². The van der Waals surface area contributed by atoms with Crippen molar-refractivity contribution in [1.82, 2.24) is 9.29 Å². The van der Waals surface area contributed by atoms with Gasteiger partial charge in [0, 0.05) is 13.1 Å². The van der Waals surface area contributed by atoms with Crippen molar-refractivity contribution in [3.63, 3.8) is 0 Å². The van der Waals surface area contributed by atoms with E-state index in [1.54, 1.807) is 18.2 Å². The molecule has 1 aliphatic rings. The van der Waals surface area contributed by atoms with Gasteiger partial charge in [-0.3, -0.25) is 4.79 Å². The van der Waals surface area contributed by atoms with E-state index in [4.69, 9.17) is 4.74 Å². The summed E-state index contributed by atoms with van der Waals surface area (Å²) in [6, 6.07) is 14.5. The van der Waals surface area contributed by atoms with Crippen LogP contribution in [0.4, 0.5) is 5.13 Å². The fourth-order valence-corrected chi connectivity index (χ4v) is 5.92. The van der Waals surface area contributed by atoms with Crippen molar-refractivity contribution >= 4 is 42.6 Å². The summed E-state index contributed by atoms with van der Waals surface area (Å²) in [6.45, 7) is 3.47. The zero-order chi connectivity index (χ0) is 21.1. The molecule has 1 amide bonds. The number of hydrogen-bond donors (Lipinski definition) is 1. The number of aromatic nitrogens is 1. The number of morpholine rings is 1. The summed E-state index contributed by atoms with van der Waals surface area (Å²) in [4.78, 5) is 17.5. The smallest absolute Gasteiger partial charge is 0.243 e. The lowest BCUT2D eigenvalue weighted by Gasteiger charge is -2.25. The lowest BCUT2D eigenvalue weighted by Crippen LogP contribution is -2.40. The SMILES string of the molecule is CCC(C(=O)Nc1nc2ccc(S(=O)(=O)N3CCOCC3)cc2s1)c1ccccc1. The summed E-state index contributed by atoms with van der Waals surface area (Å²) < 4.78 is 33.2. The molecule has 0 aliphatic carbocycles. The van der Waals surface area contributed by atoms with Crippen LogP contribution in [-0.4, -0.2) is 49.9 Å². The second kappa shape index (κ2) is 8.81. The Morgan fingerprint density at radius 2 is 1.93 bits per heavy atom. The van der Waals surface area contributed by atoms with E-state index < -0.39 is 10.0 Å². The van der Waals surface area contributed by atoms with E-state index in [0.717, 1.165) is 5.56 Å². The summed E-state index contributed by atoms with van der Waals surface area (Å²) in [7, 11) is -3.58. The Bertz CT molecular complexity index is 1140. The highest BCUT2D eigenvalue weighted by Gasteiger charge is 2.27. The molecular formula is C21H23N3O4S2. The van der Waals surface area contributed by atoms with Gasteiger partial charge in [-0.25, -0.2) is 13.4 Å². The van der Waals surface area contributed by atoms with E-state index in [9.17, 15) is 13.2 Å². The van der Waals surface area contributed by atoms with Gasteiger partial charge in [-0.1, -0.05) is 48.6 Å². The van der Waals surface area contributed by atoms with Gasteiger partial charge in [0.25, 0.3) is 0 Å². The average Bonchev–Trinajstić information content (AvgIpc) is 3.17. The first-order chi connectivity index (χ1) is 14.5. The largest absolute Gasteiger partial charge is 0.379 e. The highest BCUT2D eigenvalue weighted by Crippen LogP contribution is 2.30. The average molecular weight is 446 g/mol. The van der Waals surface area contributed by atoms with E-state index in [2.05, 4.69) is 10.3 Å². The summed E-state index contributed by atoms with van der Waals surface area (Å²) in [6.07, 6.45) is 0.669. The van der Waals surface area contributed by atoms with Crippen molar-refractivity contribution in [1.29, 1.82) is 0 Å². The van der Waals surface area contributed by atoms with Gasteiger partial charge in [0.05, 0.1) is 34.2 Å². The number of fused-ring (bicyclic) bond motifs is 1. The molecule has 2 aromatic carbocycles. The molecule has 1 fully saturated rings. The molecule has 7 nitrogen and oxygen atoms in total. The lowest BCUT2D eigenvalue weighted by molar-refractivity contribution is -0.117. The van der Waals surface area contributed by atoms with Crippen LogP contribution in [0, 0.1) is 0 Å². The minimum absolute atomic E-state index is 0.121. The lowest BCUT2D eigenvalue weighted by atomic mass is 9.96. The minimum Gasteiger partial charge on any atom is -0.379 e. The molecule has 1 unspecified atom stereocenters. The standard InChI is InChI=1S/C21H23N3O4S2/c1-2-17(15-6-4-3-5-7-15)20(25)23-21-22-18-9-8-16(14-19(18)29-21)30(26,27)24-10-12-28-13-11-24/h3-9,14,17H,2,10-13H2,1H3,(H,22,23,25). The molecule has 0 saturated carbocycles. The maximum atomic E-state index is 12.9. The molecule has 158 valence electrons. The van der Waals surface area contributed by atoms with Crippen LogP contribution in [0.1, 0.15) is 24.8 Å². The molecule has 4 rings (SSSR count). The van der Waals surface area contributed by atoms with Crippen LogP contribution in [0.25, 0.3) is 10.2 Å². The van der Waals surface area contributed by atoms with Crippen molar-refractivity contribution in [2.24, 2.45) is 0 Å². The Kier molecular flexibility index (Phi) is 6.14. The first-order valence-corrected chi connectivity index (χ1v) is 12.1. The molecule has 30 heavy (non-hydrogen) atoms. The Hall–Kier alpha value is -2.33. The monoisotopic (exact) mass is 445 g/mol. The van der Waals surface area contributed by atoms with Crippen LogP contribution >= 0.6 is 11.3 Å². The quantitative estimate of drug-likeness (QED) is 0.628. The highest BCUT2D eigenvalue weighted by atomic mass is 32.2. The molecule has 3 aromatic rings. The van der Waals surface area contributed by atoms with E-state index in [0.29, 0.717) is 48.1 Å². The third kappa shape index (κ3) is 4.24. The van der Waals surface area contributed by atoms with Gasteiger partial charge in [-0.05, 0) is 30.2 Å². The van der Waals surface area contributed by atoms with E-state index in [1.807, 2.05) is 37.3 Å². The summed E-state index contributed by atoms with van der Waals surface area (Å²) in [5.41, 5.74) is 1.61. The number of nitrogens with one attached hydrogen (secondary N) is 1. The van der Waals surface area contributed by atoms with Crippen LogP contribution in [-0.2, 0) is 19.6 Å². The van der Waals surface area contributed by atoms with Crippen molar-refractivity contribution in [3.05, 3.63) is 54.1 Å². The highest BCUT2D eigenvalue weighted by molar-refractivity contribution is 7.89. The molecule has 0 radical (unpaired) electrons.